The van der Waals surface area contributed by atoms with E-state index in [2.05, 4.69) is 110 Å². The third-order valence-electron chi connectivity index (χ3n) is 14.4. The summed E-state index contributed by atoms with van der Waals surface area (Å²) in [5.41, 5.74) is 12.1. The highest BCUT2D eigenvalue weighted by atomic mass is 16.5. The van der Waals surface area contributed by atoms with E-state index in [1.807, 2.05) is 48.5 Å². The van der Waals surface area contributed by atoms with E-state index in [0.717, 1.165) is 73.6 Å². The van der Waals surface area contributed by atoms with Crippen molar-refractivity contribution in [1.29, 1.82) is 0 Å². The zero-order chi connectivity index (χ0) is 56.2. The second kappa shape index (κ2) is 28.0. The Morgan fingerprint density at radius 2 is 0.679 bits per heavy atom. The minimum Gasteiger partial charge on any atom is -0.494 e. The molecule has 0 radical (unpaired) electrons. The van der Waals surface area contributed by atoms with Crippen LogP contribution in [-0.4, -0.2) is 50.3 Å². The Kier molecular flexibility index (Phi) is 19.5. The van der Waals surface area contributed by atoms with E-state index in [1.165, 1.54) is 45.5 Å². The largest absolute Gasteiger partial charge is 0.494 e. The number of unbranched alkanes of at least 4 members (excludes halogenated alkanes) is 6. The first-order valence-electron chi connectivity index (χ1n) is 27.7. The topological polar surface area (TPSA) is 124 Å². The van der Waals surface area contributed by atoms with Crippen molar-refractivity contribution in [2.45, 2.75) is 69.6 Å². The molecular weight excluding hydrogens is 1010 g/mol. The molecule has 1 aliphatic rings. The van der Waals surface area contributed by atoms with Crippen LogP contribution in [0, 0.1) is 0 Å². The highest BCUT2D eigenvalue weighted by molar-refractivity contribution is 5.92. The number of esters is 4. The number of fused-ring (bicyclic) bond motifs is 3. The maximum absolute atomic E-state index is 13.2. The van der Waals surface area contributed by atoms with E-state index in [1.54, 1.807) is 48.5 Å². The van der Waals surface area contributed by atoms with Gasteiger partial charge in [-0.25, -0.2) is 19.2 Å². The predicted octanol–water partition coefficient (Wildman–Crippen LogP) is 15.0. The number of carbonyl (C=O) groups excluding carboxylic acids is 4. The van der Waals surface area contributed by atoms with Crippen LogP contribution < -0.4 is 18.9 Å². The molecule has 9 rings (SSSR count). The number of carbonyl (C=O) groups is 4. The van der Waals surface area contributed by atoms with E-state index in [0.29, 0.717) is 73.4 Å². The summed E-state index contributed by atoms with van der Waals surface area (Å²) in [6.45, 7) is 8.71. The van der Waals surface area contributed by atoms with Crippen LogP contribution in [-0.2, 0) is 37.3 Å². The maximum Gasteiger partial charge on any atom is 0.343 e. The van der Waals surface area contributed by atoms with Gasteiger partial charge in [0.2, 0.25) is 0 Å². The molecule has 0 spiro atoms. The van der Waals surface area contributed by atoms with Crippen LogP contribution in [0.1, 0.15) is 117 Å². The van der Waals surface area contributed by atoms with Crippen molar-refractivity contribution < 1.29 is 47.6 Å². The molecule has 0 saturated heterocycles. The molecule has 8 aromatic rings. The first-order valence-corrected chi connectivity index (χ1v) is 27.7. The van der Waals surface area contributed by atoms with E-state index in [9.17, 15) is 19.2 Å². The van der Waals surface area contributed by atoms with Crippen molar-refractivity contribution in [3.05, 3.63) is 275 Å². The van der Waals surface area contributed by atoms with Gasteiger partial charge in [0.05, 0.1) is 43.0 Å². The normalized spacial score (nSPS) is 11.8. The molecule has 410 valence electrons. The van der Waals surface area contributed by atoms with Crippen molar-refractivity contribution in [2.75, 3.05) is 26.4 Å². The minimum absolute atomic E-state index is 0.394. The van der Waals surface area contributed by atoms with Crippen LogP contribution in [0.3, 0.4) is 0 Å². The molecule has 10 heteroatoms. The molecule has 0 atom stereocenters. The van der Waals surface area contributed by atoms with Crippen molar-refractivity contribution in [2.24, 2.45) is 0 Å². The number of hydrogen-bond donors (Lipinski definition) is 0. The van der Waals surface area contributed by atoms with E-state index in [-0.39, 0.29) is 0 Å². The Hall–Kier alpha value is -9.28. The van der Waals surface area contributed by atoms with Crippen molar-refractivity contribution in [3.8, 4) is 34.1 Å². The lowest BCUT2D eigenvalue weighted by Gasteiger charge is -2.34. The molecule has 0 bridgehead atoms. The van der Waals surface area contributed by atoms with Gasteiger partial charge in [-0.15, -0.1) is 0 Å². The molecule has 0 saturated carbocycles. The van der Waals surface area contributed by atoms with Crippen LogP contribution in [0.25, 0.3) is 11.1 Å². The molecule has 0 fully saturated rings. The summed E-state index contributed by atoms with van der Waals surface area (Å²) in [6.07, 6.45) is 10.9. The smallest absolute Gasteiger partial charge is 0.343 e. The van der Waals surface area contributed by atoms with E-state index < -0.39 is 29.3 Å². The van der Waals surface area contributed by atoms with E-state index >= 15 is 0 Å². The van der Waals surface area contributed by atoms with Crippen LogP contribution in [0.2, 0.25) is 0 Å². The fourth-order valence-corrected chi connectivity index (χ4v) is 10.3. The zero-order valence-electron chi connectivity index (χ0n) is 45.5. The Morgan fingerprint density at radius 1 is 0.358 bits per heavy atom. The molecule has 0 N–H and O–H groups in total. The van der Waals surface area contributed by atoms with Gasteiger partial charge in [-0.2, -0.15) is 0 Å². The quantitative estimate of drug-likeness (QED) is 0.0203. The van der Waals surface area contributed by atoms with Gasteiger partial charge in [-0.05, 0) is 193 Å². The highest BCUT2D eigenvalue weighted by Gasteiger charge is 2.45. The van der Waals surface area contributed by atoms with Gasteiger partial charge in [0, 0.05) is 12.2 Å². The third kappa shape index (κ3) is 14.7. The number of hydrogen-bond acceptors (Lipinski definition) is 10. The molecule has 8 aromatic carbocycles. The molecule has 10 nitrogen and oxygen atoms in total. The maximum atomic E-state index is 13.2. The van der Waals surface area contributed by atoms with Crippen LogP contribution in [0.15, 0.2) is 219 Å². The summed E-state index contributed by atoms with van der Waals surface area (Å²) in [7, 11) is 0. The standard InChI is InChI=1S/C71H66O10/c1-3-67(72)78-47-15-7-5-13-45-76-59-37-41-61(42-38-59)80-69(74)55-29-21-51(22-30-55)49-53-25-33-57(34-26-53)71(65-19-11-9-17-63(65)64-18-10-12-20-66(64)71)58-35-27-54(28-36-58)50-52-23-31-56(32-24-52)70(75)81-62-43-39-60(40-44-62)77-46-14-6-8-16-48-79-68(73)4-2/h3-4,9-12,17-44H,1-2,5-8,13-16,45-50H2. The van der Waals surface area contributed by atoms with Crippen molar-refractivity contribution >= 4 is 23.9 Å². The summed E-state index contributed by atoms with van der Waals surface area (Å²) < 4.78 is 33.1. The van der Waals surface area contributed by atoms with Gasteiger partial charge in [-0.1, -0.05) is 134 Å². The molecule has 0 aromatic heterocycles. The second-order valence-electron chi connectivity index (χ2n) is 20.0. The molecule has 0 aliphatic heterocycles. The molecule has 81 heavy (non-hydrogen) atoms. The second-order valence-corrected chi connectivity index (χ2v) is 20.0. The lowest BCUT2D eigenvalue weighted by molar-refractivity contribution is -0.138. The Bertz CT molecular complexity index is 3170. The highest BCUT2D eigenvalue weighted by Crippen LogP contribution is 2.56. The van der Waals surface area contributed by atoms with Gasteiger partial charge < -0.3 is 28.4 Å². The van der Waals surface area contributed by atoms with Crippen LogP contribution >= 0.6 is 0 Å². The first-order chi connectivity index (χ1) is 39.7. The molecule has 0 heterocycles. The molecule has 0 amide bonds. The van der Waals surface area contributed by atoms with Crippen molar-refractivity contribution in [3.63, 3.8) is 0 Å². The van der Waals surface area contributed by atoms with Crippen LogP contribution in [0.4, 0.5) is 0 Å². The van der Waals surface area contributed by atoms with Gasteiger partial charge in [-0.3, -0.25) is 0 Å². The number of ether oxygens (including phenoxy) is 6. The van der Waals surface area contributed by atoms with Gasteiger partial charge in [0.15, 0.2) is 0 Å². The molecule has 1 aliphatic carbocycles. The average Bonchev–Trinajstić information content (AvgIpc) is 4.08. The van der Waals surface area contributed by atoms with Crippen LogP contribution in [0.5, 0.6) is 23.0 Å². The summed E-state index contributed by atoms with van der Waals surface area (Å²) in [4.78, 5) is 48.6. The minimum atomic E-state index is -0.562. The summed E-state index contributed by atoms with van der Waals surface area (Å²) in [5, 5.41) is 0. The number of rotatable bonds is 28. The Balaban J connectivity index is 0.792. The summed E-state index contributed by atoms with van der Waals surface area (Å²) in [5.74, 6) is 0.612. The van der Waals surface area contributed by atoms with Gasteiger partial charge in [0.1, 0.15) is 23.0 Å². The lowest BCUT2D eigenvalue weighted by atomic mass is 9.67. The average molecular weight is 1080 g/mol. The monoisotopic (exact) mass is 1080 g/mol. The SMILES string of the molecule is C=CC(=O)OCCCCCCOc1ccc(OC(=O)c2ccc(Cc3ccc(C4(c5ccc(Cc6ccc(C(=O)Oc7ccc(OCCCCCCOC(=O)C=C)cc7)cc6)cc5)c5ccccc5-c5ccccc54)cc3)cc2)cc1. The number of benzene rings is 8. The first kappa shape index (κ1) is 56.4. The van der Waals surface area contributed by atoms with E-state index in [4.69, 9.17) is 28.4 Å². The lowest BCUT2D eigenvalue weighted by Crippen LogP contribution is -2.28. The fourth-order valence-electron chi connectivity index (χ4n) is 10.3. The molecule has 0 unspecified atom stereocenters. The Labute approximate surface area is 474 Å². The predicted molar refractivity (Wildman–Crippen MR) is 315 cm³/mol. The summed E-state index contributed by atoms with van der Waals surface area (Å²) >= 11 is 0. The fraction of sp³-hybridized carbons (Fsp3) is 0.211. The Morgan fingerprint density at radius 3 is 1.04 bits per heavy atom. The zero-order valence-corrected chi connectivity index (χ0v) is 45.5. The molecular formula is C71H66O10. The summed E-state index contributed by atoms with van der Waals surface area (Å²) in [6, 6.07) is 64.6. The van der Waals surface area contributed by atoms with Crippen molar-refractivity contribution in [1.82, 2.24) is 0 Å². The third-order valence-corrected chi connectivity index (χ3v) is 14.4. The van der Waals surface area contributed by atoms with Gasteiger partial charge in [0.25, 0.3) is 0 Å². The van der Waals surface area contributed by atoms with Gasteiger partial charge >= 0.3 is 23.9 Å².